The normalized spacial score (nSPS) is 15.7. The number of ether oxygens (including phenoxy) is 1. The van der Waals surface area contributed by atoms with E-state index in [0.717, 1.165) is 16.2 Å². The van der Waals surface area contributed by atoms with Gasteiger partial charge in [-0.05, 0) is 45.0 Å². The Hall–Kier alpha value is -2.41. The minimum absolute atomic E-state index is 0.0156. The van der Waals surface area contributed by atoms with Crippen molar-refractivity contribution in [3.63, 3.8) is 0 Å². The van der Waals surface area contributed by atoms with Gasteiger partial charge in [-0.3, -0.25) is 9.69 Å². The van der Waals surface area contributed by atoms with E-state index in [1.165, 1.54) is 13.8 Å². The molecule has 216 valence electrons. The van der Waals surface area contributed by atoms with Crippen LogP contribution in [0.3, 0.4) is 0 Å². The summed E-state index contributed by atoms with van der Waals surface area (Å²) < 4.78 is 80.4. The largest absolute Gasteiger partial charge is 0.434 e. The third kappa shape index (κ3) is 8.82. The lowest BCUT2D eigenvalue weighted by molar-refractivity contribution is -0.308. The highest BCUT2D eigenvalue weighted by Gasteiger charge is 2.60. The Balaban J connectivity index is 2.01. The molecule has 0 radical (unpaired) electrons. The maximum Gasteiger partial charge on any atom is 0.434 e. The van der Waals surface area contributed by atoms with Crippen LogP contribution in [0.5, 0.6) is 0 Å². The molecular formula is C24H33ClF6N4O3. The van der Waals surface area contributed by atoms with Gasteiger partial charge in [-0.2, -0.15) is 26.3 Å². The van der Waals surface area contributed by atoms with E-state index in [1.54, 1.807) is 11.0 Å². The quantitative estimate of drug-likeness (QED) is 0.381. The smallest absolute Gasteiger partial charge is 0.426 e. The SMILES string of the molecule is CCN(CC[C@@H](C)N(C)Cc1ccc(Cl)cc1N1CCN(C(C)=O)CC1)C(=O)OC(C(F)(F)F)C(F)(F)F. The summed E-state index contributed by atoms with van der Waals surface area (Å²) in [5, 5.41) is 0.557. The van der Waals surface area contributed by atoms with Gasteiger partial charge >= 0.3 is 18.4 Å². The average Bonchev–Trinajstić information content (AvgIpc) is 2.82. The summed E-state index contributed by atoms with van der Waals surface area (Å²) in [6.07, 6.45) is -17.1. The highest BCUT2D eigenvalue weighted by atomic mass is 35.5. The first kappa shape index (κ1) is 31.8. The van der Waals surface area contributed by atoms with E-state index in [9.17, 15) is 35.9 Å². The minimum atomic E-state index is -5.77. The zero-order chi connectivity index (χ0) is 28.8. The molecule has 7 nitrogen and oxygen atoms in total. The van der Waals surface area contributed by atoms with E-state index in [4.69, 9.17) is 11.6 Å². The van der Waals surface area contributed by atoms with Crippen molar-refractivity contribution < 1.29 is 40.7 Å². The topological polar surface area (TPSA) is 56.3 Å². The molecule has 0 aromatic heterocycles. The van der Waals surface area contributed by atoms with E-state index in [-0.39, 0.29) is 31.5 Å². The van der Waals surface area contributed by atoms with E-state index >= 15 is 0 Å². The first-order valence-electron chi connectivity index (χ1n) is 12.1. The number of carbonyl (C=O) groups excluding carboxylic acids is 2. The van der Waals surface area contributed by atoms with Gasteiger partial charge in [-0.15, -0.1) is 0 Å². The first-order valence-corrected chi connectivity index (χ1v) is 12.5. The van der Waals surface area contributed by atoms with Gasteiger partial charge in [0.25, 0.3) is 6.10 Å². The maximum absolute atomic E-state index is 12.8. The van der Waals surface area contributed by atoms with Gasteiger partial charge in [-0.1, -0.05) is 17.7 Å². The number of benzene rings is 1. The molecule has 2 rings (SSSR count). The third-order valence-electron chi connectivity index (χ3n) is 6.56. The van der Waals surface area contributed by atoms with E-state index in [0.29, 0.717) is 37.7 Å². The molecule has 1 aromatic carbocycles. The third-order valence-corrected chi connectivity index (χ3v) is 6.79. The average molecular weight is 575 g/mol. The van der Waals surface area contributed by atoms with Crippen molar-refractivity contribution in [1.29, 1.82) is 0 Å². The summed E-state index contributed by atoms with van der Waals surface area (Å²) in [5.41, 5.74) is 1.88. The Morgan fingerprint density at radius 3 is 2.16 bits per heavy atom. The molecule has 0 saturated carbocycles. The number of hydrogen-bond acceptors (Lipinski definition) is 5. The molecule has 1 atom stereocenters. The van der Waals surface area contributed by atoms with Gasteiger partial charge in [0.2, 0.25) is 5.91 Å². The lowest BCUT2D eigenvalue weighted by atomic mass is 10.1. The van der Waals surface area contributed by atoms with Crippen molar-refractivity contribution in [3.8, 4) is 0 Å². The Kier molecular flexibility index (Phi) is 11.0. The molecule has 1 heterocycles. The molecule has 0 unspecified atom stereocenters. The molecule has 1 aliphatic heterocycles. The van der Waals surface area contributed by atoms with Crippen LogP contribution in [0.2, 0.25) is 5.02 Å². The van der Waals surface area contributed by atoms with Gasteiger partial charge in [0.1, 0.15) is 0 Å². The van der Waals surface area contributed by atoms with Crippen molar-refractivity contribution in [2.45, 2.75) is 58.2 Å². The lowest BCUT2D eigenvalue weighted by Gasteiger charge is -2.37. The van der Waals surface area contributed by atoms with Gasteiger partial charge in [0, 0.05) is 69.5 Å². The molecule has 1 saturated heterocycles. The van der Waals surface area contributed by atoms with Crippen LogP contribution in [0.25, 0.3) is 0 Å². The van der Waals surface area contributed by atoms with Crippen LogP contribution in [0.1, 0.15) is 32.8 Å². The zero-order valence-corrected chi connectivity index (χ0v) is 22.5. The Morgan fingerprint density at radius 1 is 1.08 bits per heavy atom. The highest BCUT2D eigenvalue weighted by Crippen LogP contribution is 2.36. The maximum atomic E-state index is 12.8. The minimum Gasteiger partial charge on any atom is -0.426 e. The van der Waals surface area contributed by atoms with Crippen molar-refractivity contribution >= 4 is 29.3 Å². The summed E-state index contributed by atoms with van der Waals surface area (Å²) in [5.74, 6) is 0.0156. The number of carbonyl (C=O) groups is 2. The zero-order valence-electron chi connectivity index (χ0n) is 21.7. The molecule has 1 fully saturated rings. The van der Waals surface area contributed by atoms with Crippen LogP contribution in [0, 0.1) is 0 Å². The number of halogens is 7. The molecule has 0 N–H and O–H groups in total. The van der Waals surface area contributed by atoms with Crippen LogP contribution < -0.4 is 4.90 Å². The van der Waals surface area contributed by atoms with Crippen molar-refractivity contribution in [3.05, 3.63) is 28.8 Å². The number of anilines is 1. The van der Waals surface area contributed by atoms with Crippen LogP contribution >= 0.6 is 11.6 Å². The fraction of sp³-hybridized carbons (Fsp3) is 0.667. The van der Waals surface area contributed by atoms with Crippen molar-refractivity contribution in [2.24, 2.45) is 0 Å². The van der Waals surface area contributed by atoms with Crippen LogP contribution in [-0.2, 0) is 16.1 Å². The Morgan fingerprint density at radius 2 is 1.66 bits per heavy atom. The number of hydrogen-bond donors (Lipinski definition) is 0. The lowest BCUT2D eigenvalue weighted by Crippen LogP contribution is -2.48. The second kappa shape index (κ2) is 13.1. The van der Waals surface area contributed by atoms with Crippen molar-refractivity contribution in [2.75, 3.05) is 51.2 Å². The first-order chi connectivity index (χ1) is 17.5. The van der Waals surface area contributed by atoms with E-state index in [2.05, 4.69) is 9.64 Å². The van der Waals surface area contributed by atoms with Gasteiger partial charge in [0.05, 0.1) is 0 Å². The molecule has 38 heavy (non-hydrogen) atoms. The number of piperazine rings is 1. The molecule has 1 aliphatic rings. The number of alkyl halides is 6. The van der Waals surface area contributed by atoms with Gasteiger partial charge in [-0.25, -0.2) is 4.79 Å². The van der Waals surface area contributed by atoms with E-state index in [1.807, 2.05) is 31.0 Å². The van der Waals surface area contributed by atoms with E-state index < -0.39 is 24.5 Å². The summed E-state index contributed by atoms with van der Waals surface area (Å²) in [4.78, 5) is 30.5. The summed E-state index contributed by atoms with van der Waals surface area (Å²) in [7, 11) is 1.83. The summed E-state index contributed by atoms with van der Waals surface area (Å²) in [6.45, 7) is 7.51. The van der Waals surface area contributed by atoms with Crippen LogP contribution in [-0.4, -0.2) is 97.5 Å². The van der Waals surface area contributed by atoms with Gasteiger partial charge < -0.3 is 19.4 Å². The van der Waals surface area contributed by atoms with Gasteiger partial charge in [0.15, 0.2) is 0 Å². The fourth-order valence-corrected chi connectivity index (χ4v) is 4.25. The monoisotopic (exact) mass is 574 g/mol. The van der Waals surface area contributed by atoms with Crippen LogP contribution in [0.4, 0.5) is 36.8 Å². The number of nitrogens with zero attached hydrogens (tertiary/aromatic N) is 4. The highest BCUT2D eigenvalue weighted by molar-refractivity contribution is 6.30. The molecule has 2 amide bonds. The fourth-order valence-electron chi connectivity index (χ4n) is 4.09. The summed E-state index contributed by atoms with van der Waals surface area (Å²) >= 11 is 6.24. The summed E-state index contributed by atoms with van der Waals surface area (Å²) in [6, 6.07) is 5.32. The molecule has 0 bridgehead atoms. The Bertz CT molecular complexity index is 940. The molecule has 0 aliphatic carbocycles. The molecule has 0 spiro atoms. The number of rotatable bonds is 9. The predicted octanol–water partition coefficient (Wildman–Crippen LogP) is 5.17. The molecular weight excluding hydrogens is 542 g/mol. The Labute approximate surface area is 223 Å². The van der Waals surface area contributed by atoms with Crippen LogP contribution in [0.15, 0.2) is 18.2 Å². The molecule has 1 aromatic rings. The second-order valence-electron chi connectivity index (χ2n) is 9.25. The predicted molar refractivity (Wildman–Crippen MR) is 131 cm³/mol. The second-order valence-corrected chi connectivity index (χ2v) is 9.68. The number of amides is 2. The standard InChI is InChI=1S/C24H33ClF6N4O3/c1-5-33(22(37)38-21(23(26,27)28)24(29,30)31)9-8-16(2)32(4)15-18-6-7-19(25)14-20(18)35-12-10-34(11-13-35)17(3)36/h6-7,14,16,21H,5,8-13,15H2,1-4H3/t16-/m1/s1. The molecule has 14 heteroatoms. The van der Waals surface area contributed by atoms with Crippen molar-refractivity contribution in [1.82, 2.24) is 14.7 Å².